The molecule has 0 aliphatic carbocycles. The molecule has 144 valence electrons. The maximum atomic E-state index is 9.31. The maximum absolute atomic E-state index is 9.31. The zero-order valence-corrected chi connectivity index (χ0v) is 16.6. The molecule has 1 unspecified atom stereocenters. The summed E-state index contributed by atoms with van der Waals surface area (Å²) in [4.78, 5) is 5.95. The smallest absolute Gasteiger partial charge is 0.191 e. The first-order valence-electron chi connectivity index (χ1n) is 9.35. The number of hydrogen-bond donors (Lipinski definition) is 3. The highest BCUT2D eigenvalue weighted by Crippen LogP contribution is 2.14. The van der Waals surface area contributed by atoms with Crippen LogP contribution in [0.1, 0.15) is 37.3 Å². The third kappa shape index (κ3) is 8.06. The summed E-state index contributed by atoms with van der Waals surface area (Å²) in [6, 6.07) is 8.04. The van der Waals surface area contributed by atoms with Crippen LogP contribution in [0.3, 0.4) is 0 Å². The molecule has 2 aromatic rings. The van der Waals surface area contributed by atoms with Gasteiger partial charge in [-0.1, -0.05) is 19.9 Å². The largest absolute Gasteiger partial charge is 0.469 e. The van der Waals surface area contributed by atoms with Gasteiger partial charge in [-0.3, -0.25) is 0 Å². The lowest BCUT2D eigenvalue weighted by molar-refractivity contribution is 0.243. The van der Waals surface area contributed by atoms with Crippen LogP contribution in [0.15, 0.2) is 45.3 Å². The number of nitrogens with one attached hydrogen (secondary N) is 2. The van der Waals surface area contributed by atoms with Crippen LogP contribution in [-0.2, 0) is 13.0 Å². The number of thiophene rings is 1. The number of rotatable bonds is 11. The summed E-state index contributed by atoms with van der Waals surface area (Å²) in [5, 5.41) is 18.2. The van der Waals surface area contributed by atoms with Gasteiger partial charge in [-0.25, -0.2) is 4.99 Å². The van der Waals surface area contributed by atoms with Gasteiger partial charge in [0.1, 0.15) is 5.76 Å². The summed E-state index contributed by atoms with van der Waals surface area (Å²) in [6.07, 6.45) is 4.43. The molecule has 2 aromatic heterocycles. The van der Waals surface area contributed by atoms with E-state index in [1.54, 1.807) is 17.6 Å². The highest BCUT2D eigenvalue weighted by Gasteiger charge is 2.11. The van der Waals surface area contributed by atoms with Crippen molar-refractivity contribution in [1.29, 1.82) is 0 Å². The summed E-state index contributed by atoms with van der Waals surface area (Å²) in [5.74, 6) is 2.84. The zero-order chi connectivity index (χ0) is 18.6. The molecule has 5 nitrogen and oxygen atoms in total. The lowest BCUT2D eigenvalue weighted by Gasteiger charge is -2.20. The van der Waals surface area contributed by atoms with Crippen LogP contribution >= 0.6 is 11.3 Å². The molecule has 0 spiro atoms. The molecule has 0 saturated carbocycles. The predicted molar refractivity (Wildman–Crippen MR) is 109 cm³/mol. The van der Waals surface area contributed by atoms with E-state index in [4.69, 9.17) is 9.41 Å². The minimum atomic E-state index is 0.229. The van der Waals surface area contributed by atoms with Crippen LogP contribution in [0.5, 0.6) is 0 Å². The minimum Gasteiger partial charge on any atom is -0.469 e. The van der Waals surface area contributed by atoms with Gasteiger partial charge in [0.25, 0.3) is 0 Å². The Bertz CT molecular complexity index is 609. The highest BCUT2D eigenvalue weighted by molar-refractivity contribution is 7.09. The Morgan fingerprint density at radius 1 is 1.27 bits per heavy atom. The van der Waals surface area contributed by atoms with Gasteiger partial charge in [-0.2, -0.15) is 0 Å². The van der Waals surface area contributed by atoms with Crippen LogP contribution < -0.4 is 10.6 Å². The lowest BCUT2D eigenvalue weighted by atomic mass is 9.94. The second-order valence-corrected chi connectivity index (χ2v) is 7.92. The number of aliphatic hydroxyl groups excluding tert-OH is 1. The normalized spacial score (nSPS) is 13.2. The maximum Gasteiger partial charge on any atom is 0.191 e. The van der Waals surface area contributed by atoms with Crippen molar-refractivity contribution in [2.45, 2.75) is 39.7 Å². The van der Waals surface area contributed by atoms with Crippen molar-refractivity contribution < 1.29 is 9.52 Å². The molecule has 0 amide bonds. The van der Waals surface area contributed by atoms with Crippen molar-refractivity contribution >= 4 is 17.3 Å². The van der Waals surface area contributed by atoms with E-state index >= 15 is 0 Å². The lowest BCUT2D eigenvalue weighted by Crippen LogP contribution is -2.41. The first-order valence-corrected chi connectivity index (χ1v) is 10.2. The van der Waals surface area contributed by atoms with E-state index in [-0.39, 0.29) is 6.61 Å². The first kappa shape index (κ1) is 20.5. The Balaban J connectivity index is 1.88. The quantitative estimate of drug-likeness (QED) is 0.413. The van der Waals surface area contributed by atoms with Crippen molar-refractivity contribution in [2.75, 3.05) is 19.7 Å². The molecule has 26 heavy (non-hydrogen) atoms. The van der Waals surface area contributed by atoms with E-state index in [1.807, 2.05) is 18.2 Å². The number of aliphatic hydroxyl groups is 1. The van der Waals surface area contributed by atoms with E-state index in [1.165, 1.54) is 4.88 Å². The van der Waals surface area contributed by atoms with Crippen LogP contribution in [0, 0.1) is 11.8 Å². The summed E-state index contributed by atoms with van der Waals surface area (Å²) >= 11 is 1.72. The van der Waals surface area contributed by atoms with E-state index in [2.05, 4.69) is 35.9 Å². The molecule has 0 aliphatic rings. The Morgan fingerprint density at radius 3 is 2.81 bits per heavy atom. The van der Waals surface area contributed by atoms with Gasteiger partial charge in [0.15, 0.2) is 5.96 Å². The van der Waals surface area contributed by atoms with E-state index in [9.17, 15) is 5.11 Å². The molecule has 2 rings (SSSR count). The van der Waals surface area contributed by atoms with Crippen molar-refractivity contribution in [2.24, 2.45) is 16.8 Å². The number of aliphatic imine (C=N–C) groups is 1. The van der Waals surface area contributed by atoms with Gasteiger partial charge in [-0.15, -0.1) is 11.3 Å². The monoisotopic (exact) mass is 377 g/mol. The molecular formula is C20H31N3O2S. The number of furan rings is 1. The fourth-order valence-electron chi connectivity index (χ4n) is 2.89. The average Bonchev–Trinajstić information content (AvgIpc) is 3.30. The molecule has 0 saturated heterocycles. The van der Waals surface area contributed by atoms with Crippen molar-refractivity contribution in [3.8, 4) is 0 Å². The Kier molecular flexibility index (Phi) is 9.28. The first-order chi connectivity index (χ1) is 12.7. The zero-order valence-electron chi connectivity index (χ0n) is 15.8. The average molecular weight is 378 g/mol. The molecule has 2 heterocycles. The second kappa shape index (κ2) is 11.8. The van der Waals surface area contributed by atoms with Gasteiger partial charge in [-0.05, 0) is 48.3 Å². The molecule has 0 bridgehead atoms. The molecule has 0 aromatic carbocycles. The molecule has 1 atom stereocenters. The van der Waals surface area contributed by atoms with Gasteiger partial charge >= 0.3 is 0 Å². The Morgan fingerprint density at radius 2 is 2.15 bits per heavy atom. The SMILES string of the molecule is CC(C)CC(CCO)CNC(=NCc1cccs1)NCCc1ccco1. The van der Waals surface area contributed by atoms with Gasteiger partial charge in [0.05, 0.1) is 12.8 Å². The summed E-state index contributed by atoms with van der Waals surface area (Å²) < 4.78 is 5.38. The predicted octanol–water partition coefficient (Wildman–Crippen LogP) is 3.66. The fraction of sp³-hybridized carbons (Fsp3) is 0.550. The summed E-state index contributed by atoms with van der Waals surface area (Å²) in [7, 11) is 0. The summed E-state index contributed by atoms with van der Waals surface area (Å²) in [6.45, 7) is 6.92. The molecule has 3 N–H and O–H groups in total. The molecule has 0 aliphatic heterocycles. The number of hydrogen-bond acceptors (Lipinski definition) is 4. The van der Waals surface area contributed by atoms with E-state index in [0.29, 0.717) is 18.4 Å². The van der Waals surface area contributed by atoms with Gasteiger partial charge in [0.2, 0.25) is 0 Å². The summed E-state index contributed by atoms with van der Waals surface area (Å²) in [5.41, 5.74) is 0. The van der Waals surface area contributed by atoms with Gasteiger partial charge < -0.3 is 20.2 Å². The van der Waals surface area contributed by atoms with Crippen LogP contribution in [0.25, 0.3) is 0 Å². The third-order valence-electron chi connectivity index (χ3n) is 4.12. The highest BCUT2D eigenvalue weighted by atomic mass is 32.1. The van der Waals surface area contributed by atoms with Crippen LogP contribution in [0.2, 0.25) is 0 Å². The van der Waals surface area contributed by atoms with Crippen LogP contribution in [0.4, 0.5) is 0 Å². The molecule has 0 radical (unpaired) electrons. The minimum absolute atomic E-state index is 0.229. The molecular weight excluding hydrogens is 346 g/mol. The standard InChI is InChI=1S/C20H31N3O2S/c1-16(2)13-17(8-10-24)14-22-20(23-15-19-6-4-12-26-19)21-9-7-18-5-3-11-25-18/h3-6,11-12,16-17,24H,7-10,13-15H2,1-2H3,(H2,21,22,23). The fourth-order valence-corrected chi connectivity index (χ4v) is 3.51. The molecule has 0 fully saturated rings. The Hall–Kier alpha value is -1.79. The van der Waals surface area contributed by atoms with Crippen LogP contribution in [-0.4, -0.2) is 30.8 Å². The number of nitrogens with zero attached hydrogens (tertiary/aromatic N) is 1. The third-order valence-corrected chi connectivity index (χ3v) is 4.98. The Labute approximate surface area is 160 Å². The molecule has 6 heteroatoms. The van der Waals surface area contributed by atoms with Crippen molar-refractivity contribution in [3.63, 3.8) is 0 Å². The number of guanidine groups is 1. The van der Waals surface area contributed by atoms with E-state index in [0.717, 1.165) is 44.1 Å². The van der Waals surface area contributed by atoms with Crippen molar-refractivity contribution in [1.82, 2.24) is 10.6 Å². The van der Waals surface area contributed by atoms with Gasteiger partial charge in [0, 0.05) is 31.0 Å². The van der Waals surface area contributed by atoms with E-state index < -0.39 is 0 Å². The topological polar surface area (TPSA) is 69.8 Å². The van der Waals surface area contributed by atoms with Crippen molar-refractivity contribution in [3.05, 3.63) is 46.5 Å². The second-order valence-electron chi connectivity index (χ2n) is 6.89.